The van der Waals surface area contributed by atoms with Gasteiger partial charge in [0, 0.05) is 48.1 Å². The molecule has 7 heteroatoms. The van der Waals surface area contributed by atoms with Crippen molar-refractivity contribution >= 4 is 16.8 Å². The van der Waals surface area contributed by atoms with E-state index < -0.39 is 0 Å². The van der Waals surface area contributed by atoms with Gasteiger partial charge < -0.3 is 14.9 Å². The number of nitrogens with zero attached hydrogens (tertiary/aromatic N) is 3. The number of hydrogen-bond donors (Lipinski definition) is 3. The third kappa shape index (κ3) is 3.30. The summed E-state index contributed by atoms with van der Waals surface area (Å²) < 4.78 is 2.00. The van der Waals surface area contributed by atoms with Crippen LogP contribution < -0.4 is 5.32 Å². The van der Waals surface area contributed by atoms with Gasteiger partial charge in [0.2, 0.25) is 0 Å². The highest BCUT2D eigenvalue weighted by molar-refractivity contribution is 5.98. The largest absolute Gasteiger partial charge is 0.353 e. The summed E-state index contributed by atoms with van der Waals surface area (Å²) in [7, 11) is 0. The number of nitrogens with one attached hydrogen (secondary N) is 3. The first kappa shape index (κ1) is 15.2. The van der Waals surface area contributed by atoms with Crippen LogP contribution in [0.25, 0.3) is 22.3 Å². The van der Waals surface area contributed by atoms with Gasteiger partial charge in [0.05, 0.1) is 17.7 Å². The van der Waals surface area contributed by atoms with Crippen molar-refractivity contribution in [3.8, 4) is 11.4 Å². The van der Waals surface area contributed by atoms with Crippen molar-refractivity contribution in [3.05, 3.63) is 60.8 Å². The van der Waals surface area contributed by atoms with Crippen molar-refractivity contribution in [1.29, 1.82) is 0 Å². The number of hydrogen-bond acceptors (Lipinski definition) is 3. The third-order valence-corrected chi connectivity index (χ3v) is 4.11. The fourth-order valence-corrected chi connectivity index (χ4v) is 2.81. The number of aromatic amines is 2. The predicted molar refractivity (Wildman–Crippen MR) is 95.1 cm³/mol. The van der Waals surface area contributed by atoms with Crippen molar-refractivity contribution in [3.63, 3.8) is 0 Å². The van der Waals surface area contributed by atoms with Crippen molar-refractivity contribution in [2.24, 2.45) is 0 Å². The van der Waals surface area contributed by atoms with Crippen LogP contribution in [0.5, 0.6) is 0 Å². The summed E-state index contributed by atoms with van der Waals surface area (Å²) in [6.07, 6.45) is 8.02. The zero-order chi connectivity index (χ0) is 17.1. The lowest BCUT2D eigenvalue weighted by atomic mass is 10.1. The first-order chi connectivity index (χ1) is 12.3. The summed E-state index contributed by atoms with van der Waals surface area (Å²) in [5, 5.41) is 10.8. The number of aromatic nitrogens is 5. The molecule has 7 nitrogen and oxygen atoms in total. The summed E-state index contributed by atoms with van der Waals surface area (Å²) in [5.74, 6) is -0.0585. The van der Waals surface area contributed by atoms with E-state index in [0.29, 0.717) is 12.1 Å². The predicted octanol–water partition coefficient (Wildman–Crippen LogP) is 2.57. The molecule has 3 heterocycles. The second-order valence-corrected chi connectivity index (χ2v) is 5.87. The Bertz CT molecular complexity index is 969. The van der Waals surface area contributed by atoms with Gasteiger partial charge >= 0.3 is 0 Å². The van der Waals surface area contributed by atoms with Crippen LogP contribution in [-0.2, 0) is 6.54 Å². The Morgan fingerprint density at radius 3 is 2.92 bits per heavy atom. The Morgan fingerprint density at radius 1 is 1.16 bits per heavy atom. The molecule has 3 N–H and O–H groups in total. The van der Waals surface area contributed by atoms with Crippen LogP contribution in [0.15, 0.2) is 55.2 Å². The summed E-state index contributed by atoms with van der Waals surface area (Å²) in [5.41, 5.74) is 3.51. The molecule has 126 valence electrons. The number of fused-ring (bicyclic) bond motifs is 1. The molecule has 4 aromatic rings. The van der Waals surface area contributed by atoms with Crippen LogP contribution in [-0.4, -0.2) is 37.2 Å². The lowest BCUT2D eigenvalue weighted by Crippen LogP contribution is -2.25. The SMILES string of the molecule is O=C(NCCCn1ccnc1)c1ccc2[nH]c(-c3ccn[nH]3)cc2c1. The van der Waals surface area contributed by atoms with Crippen molar-refractivity contribution in [2.75, 3.05) is 6.54 Å². The Kier molecular flexibility index (Phi) is 4.04. The average molecular weight is 334 g/mol. The molecule has 0 aliphatic rings. The third-order valence-electron chi connectivity index (χ3n) is 4.11. The fraction of sp³-hybridized carbons (Fsp3) is 0.167. The topological polar surface area (TPSA) is 91.4 Å². The van der Waals surface area contributed by atoms with Crippen molar-refractivity contribution in [2.45, 2.75) is 13.0 Å². The zero-order valence-electron chi connectivity index (χ0n) is 13.6. The van der Waals surface area contributed by atoms with Gasteiger partial charge in [0.25, 0.3) is 5.91 Å². The number of amides is 1. The van der Waals surface area contributed by atoms with Crippen LogP contribution in [0.3, 0.4) is 0 Å². The Hall–Kier alpha value is -3.35. The highest BCUT2D eigenvalue weighted by Crippen LogP contribution is 2.23. The van der Waals surface area contributed by atoms with E-state index in [-0.39, 0.29) is 5.91 Å². The second-order valence-electron chi connectivity index (χ2n) is 5.87. The summed E-state index contributed by atoms with van der Waals surface area (Å²) in [6, 6.07) is 9.57. The van der Waals surface area contributed by atoms with Crippen molar-refractivity contribution < 1.29 is 4.79 Å². The van der Waals surface area contributed by atoms with Gasteiger partial charge in [0.1, 0.15) is 0 Å². The minimum absolute atomic E-state index is 0.0585. The number of carbonyl (C=O) groups excluding carboxylic acids is 1. The molecule has 0 atom stereocenters. The Balaban J connectivity index is 1.41. The zero-order valence-corrected chi connectivity index (χ0v) is 13.6. The number of carbonyl (C=O) groups is 1. The van der Waals surface area contributed by atoms with Crippen molar-refractivity contribution in [1.82, 2.24) is 30.0 Å². The van der Waals surface area contributed by atoms with Gasteiger partial charge in [-0.25, -0.2) is 4.98 Å². The summed E-state index contributed by atoms with van der Waals surface area (Å²) in [6.45, 7) is 1.46. The smallest absolute Gasteiger partial charge is 0.251 e. The first-order valence-electron chi connectivity index (χ1n) is 8.16. The van der Waals surface area contributed by atoms with Crippen LogP contribution >= 0.6 is 0 Å². The van der Waals surface area contributed by atoms with E-state index >= 15 is 0 Å². The molecule has 0 aliphatic heterocycles. The van der Waals surface area contributed by atoms with Gasteiger partial charge in [-0.05, 0) is 36.8 Å². The van der Waals surface area contributed by atoms with Crippen LogP contribution in [0, 0.1) is 0 Å². The summed E-state index contributed by atoms with van der Waals surface area (Å²) in [4.78, 5) is 19.6. The molecule has 0 saturated carbocycles. The molecule has 0 radical (unpaired) electrons. The maximum atomic E-state index is 12.3. The molecular weight excluding hydrogens is 316 g/mol. The monoisotopic (exact) mass is 334 g/mol. The number of aryl methyl sites for hydroxylation is 1. The van der Waals surface area contributed by atoms with Crippen LogP contribution in [0.1, 0.15) is 16.8 Å². The highest BCUT2D eigenvalue weighted by atomic mass is 16.1. The quantitative estimate of drug-likeness (QED) is 0.473. The van der Waals surface area contributed by atoms with E-state index in [1.807, 2.05) is 41.1 Å². The number of imidazole rings is 1. The van der Waals surface area contributed by atoms with Gasteiger partial charge in [-0.15, -0.1) is 0 Å². The van der Waals surface area contributed by atoms with Gasteiger partial charge in [-0.1, -0.05) is 0 Å². The maximum Gasteiger partial charge on any atom is 0.251 e. The van der Waals surface area contributed by atoms with Crippen LogP contribution in [0.4, 0.5) is 0 Å². The maximum absolute atomic E-state index is 12.3. The molecule has 0 fully saturated rings. The number of benzene rings is 1. The molecule has 3 aromatic heterocycles. The molecule has 0 spiro atoms. The molecule has 1 aromatic carbocycles. The molecule has 25 heavy (non-hydrogen) atoms. The van der Waals surface area contributed by atoms with Gasteiger partial charge in [-0.3, -0.25) is 9.89 Å². The van der Waals surface area contributed by atoms with Gasteiger partial charge in [0.15, 0.2) is 0 Å². The molecular formula is C18H18N6O. The van der Waals surface area contributed by atoms with E-state index in [1.165, 1.54) is 0 Å². The second kappa shape index (κ2) is 6.64. The average Bonchev–Trinajstić information content (AvgIpc) is 3.38. The summed E-state index contributed by atoms with van der Waals surface area (Å²) >= 11 is 0. The van der Waals surface area contributed by atoms with Gasteiger partial charge in [-0.2, -0.15) is 5.10 Å². The van der Waals surface area contributed by atoms with E-state index in [9.17, 15) is 4.79 Å². The lowest BCUT2D eigenvalue weighted by Gasteiger charge is -2.06. The standard InChI is InChI=1S/C18H18N6O/c25-18(20-5-1-8-24-9-7-19-12-24)13-2-3-15-14(10-13)11-17(22-15)16-4-6-21-23-16/h2-4,6-7,9-12,22H,1,5,8H2,(H,20,25)(H,21,23). The molecule has 1 amide bonds. The fourth-order valence-electron chi connectivity index (χ4n) is 2.81. The molecule has 0 bridgehead atoms. The minimum Gasteiger partial charge on any atom is -0.353 e. The van der Waals surface area contributed by atoms with Crippen LogP contribution in [0.2, 0.25) is 0 Å². The number of rotatable bonds is 6. The van der Waals surface area contributed by atoms with E-state index in [1.54, 1.807) is 18.7 Å². The van der Waals surface area contributed by atoms with E-state index in [4.69, 9.17) is 0 Å². The molecule has 0 aliphatic carbocycles. The Morgan fingerprint density at radius 2 is 2.12 bits per heavy atom. The molecule has 4 rings (SSSR count). The highest BCUT2D eigenvalue weighted by Gasteiger charge is 2.09. The lowest BCUT2D eigenvalue weighted by molar-refractivity contribution is 0.0953. The normalized spacial score (nSPS) is 11.0. The minimum atomic E-state index is -0.0585. The molecule has 0 saturated heterocycles. The van der Waals surface area contributed by atoms with E-state index in [0.717, 1.165) is 35.3 Å². The molecule has 0 unspecified atom stereocenters. The number of H-pyrrole nitrogens is 2. The Labute approximate surface area is 144 Å². The van der Waals surface area contributed by atoms with E-state index in [2.05, 4.69) is 25.5 Å². The first-order valence-corrected chi connectivity index (χ1v) is 8.16.